The van der Waals surface area contributed by atoms with Crippen LogP contribution >= 0.6 is 0 Å². The number of hydrazine groups is 1. The third kappa shape index (κ3) is 2.17. The molecule has 0 saturated heterocycles. The molecule has 6 nitrogen and oxygen atoms in total. The number of hydrogen-bond donors (Lipinski definition) is 3. The largest absolute Gasteiger partial charge is 0.369 e. The maximum Gasteiger partial charge on any atom is 0.208 e. The van der Waals surface area contributed by atoms with Gasteiger partial charge in [-0.1, -0.05) is 0 Å². The van der Waals surface area contributed by atoms with Crippen molar-refractivity contribution in [1.29, 1.82) is 0 Å². The number of aromatic nitrogens is 2. The lowest BCUT2D eigenvalue weighted by molar-refractivity contribution is 0.999. The molecule has 0 spiro atoms. The van der Waals surface area contributed by atoms with E-state index in [-0.39, 0.29) is 5.96 Å². The fourth-order valence-corrected chi connectivity index (χ4v) is 0.615. The molecule has 1 heterocycles. The van der Waals surface area contributed by atoms with Gasteiger partial charge in [-0.25, -0.2) is 20.8 Å². The summed E-state index contributed by atoms with van der Waals surface area (Å²) in [7, 11) is 0. The van der Waals surface area contributed by atoms with Gasteiger partial charge >= 0.3 is 0 Å². The van der Waals surface area contributed by atoms with Gasteiger partial charge in [-0.05, 0) is 6.92 Å². The summed E-state index contributed by atoms with van der Waals surface area (Å²) in [5, 5.41) is 0. The van der Waals surface area contributed by atoms with Crippen molar-refractivity contribution in [2.45, 2.75) is 6.92 Å². The standard InChI is InChI=1S/C6H10N6/c1-4-9-2-5(3-10-4)11-6(7)12-8/h2-3H,8H2,1H3,(H3,7,11,12). The molecule has 1 aromatic heterocycles. The number of guanidine groups is 1. The Morgan fingerprint density at radius 3 is 2.58 bits per heavy atom. The SMILES string of the molecule is Cc1ncc(N=C(N)NN)cn1. The average Bonchev–Trinajstić information content (AvgIpc) is 2.09. The smallest absolute Gasteiger partial charge is 0.208 e. The van der Waals surface area contributed by atoms with Crippen molar-refractivity contribution in [3.63, 3.8) is 0 Å². The van der Waals surface area contributed by atoms with Crippen LogP contribution in [0.3, 0.4) is 0 Å². The minimum absolute atomic E-state index is 0.127. The number of aryl methyl sites for hydroxylation is 1. The lowest BCUT2D eigenvalue weighted by Crippen LogP contribution is -2.36. The van der Waals surface area contributed by atoms with Gasteiger partial charge in [0.1, 0.15) is 11.5 Å². The van der Waals surface area contributed by atoms with Crippen molar-refractivity contribution in [1.82, 2.24) is 15.4 Å². The summed E-state index contributed by atoms with van der Waals surface area (Å²) in [5.74, 6) is 5.82. The Balaban J connectivity index is 2.84. The number of nitrogens with one attached hydrogen (secondary N) is 1. The molecule has 0 saturated carbocycles. The van der Waals surface area contributed by atoms with Gasteiger partial charge in [-0.2, -0.15) is 0 Å². The summed E-state index contributed by atoms with van der Waals surface area (Å²) < 4.78 is 0. The van der Waals surface area contributed by atoms with Gasteiger partial charge in [0.15, 0.2) is 0 Å². The van der Waals surface area contributed by atoms with E-state index in [0.717, 1.165) is 0 Å². The average molecular weight is 166 g/mol. The predicted molar refractivity (Wildman–Crippen MR) is 45.4 cm³/mol. The molecule has 0 aliphatic rings. The number of nitrogens with zero attached hydrogens (tertiary/aromatic N) is 3. The first-order valence-corrected chi connectivity index (χ1v) is 3.32. The lowest BCUT2D eigenvalue weighted by Gasteiger charge is -1.97. The lowest BCUT2D eigenvalue weighted by atomic mass is 10.5. The van der Waals surface area contributed by atoms with Crippen molar-refractivity contribution in [3.8, 4) is 0 Å². The number of rotatable bonds is 1. The first kappa shape index (κ1) is 8.41. The Morgan fingerprint density at radius 1 is 1.50 bits per heavy atom. The number of hydrogen-bond acceptors (Lipinski definition) is 4. The Morgan fingerprint density at radius 2 is 2.08 bits per heavy atom. The Bertz CT molecular complexity index is 277. The van der Waals surface area contributed by atoms with Crippen molar-refractivity contribution < 1.29 is 0 Å². The minimum atomic E-state index is 0.127. The molecule has 0 bridgehead atoms. The van der Waals surface area contributed by atoms with Crippen molar-refractivity contribution >= 4 is 11.6 Å². The zero-order valence-electron chi connectivity index (χ0n) is 6.65. The van der Waals surface area contributed by atoms with Gasteiger partial charge in [0, 0.05) is 0 Å². The fraction of sp³-hybridized carbons (Fsp3) is 0.167. The molecule has 0 aromatic carbocycles. The van der Waals surface area contributed by atoms with Crippen LogP contribution in [0.4, 0.5) is 5.69 Å². The van der Waals surface area contributed by atoms with E-state index in [4.69, 9.17) is 11.6 Å². The summed E-state index contributed by atoms with van der Waals surface area (Å²) >= 11 is 0. The van der Waals surface area contributed by atoms with E-state index in [1.807, 2.05) is 0 Å². The number of nitrogens with two attached hydrogens (primary N) is 2. The molecule has 0 fully saturated rings. The van der Waals surface area contributed by atoms with Gasteiger partial charge < -0.3 is 5.73 Å². The molecule has 64 valence electrons. The molecule has 1 aromatic rings. The molecular weight excluding hydrogens is 156 g/mol. The highest BCUT2D eigenvalue weighted by Crippen LogP contribution is 2.05. The highest BCUT2D eigenvalue weighted by Gasteiger charge is 1.91. The maximum absolute atomic E-state index is 5.30. The summed E-state index contributed by atoms with van der Waals surface area (Å²) in [5.41, 5.74) is 8.07. The fourth-order valence-electron chi connectivity index (χ4n) is 0.615. The van der Waals surface area contributed by atoms with Crippen LogP contribution in [0.25, 0.3) is 0 Å². The molecule has 0 aliphatic heterocycles. The van der Waals surface area contributed by atoms with Crippen LogP contribution < -0.4 is 17.0 Å². The van der Waals surface area contributed by atoms with Gasteiger partial charge in [0.05, 0.1) is 12.4 Å². The molecule has 12 heavy (non-hydrogen) atoms. The van der Waals surface area contributed by atoms with Gasteiger partial charge in [0.2, 0.25) is 5.96 Å². The van der Waals surface area contributed by atoms with Crippen LogP contribution in [0.1, 0.15) is 5.82 Å². The van der Waals surface area contributed by atoms with Crippen molar-refractivity contribution in [3.05, 3.63) is 18.2 Å². The maximum atomic E-state index is 5.30. The molecule has 5 N–H and O–H groups in total. The Labute approximate surface area is 69.7 Å². The predicted octanol–water partition coefficient (Wildman–Crippen LogP) is -0.805. The Hall–Kier alpha value is -1.69. The molecule has 0 amide bonds. The second-order valence-electron chi connectivity index (χ2n) is 2.13. The van der Waals surface area contributed by atoms with Crippen LogP contribution in [0.15, 0.2) is 17.4 Å². The zero-order valence-corrected chi connectivity index (χ0v) is 6.65. The molecule has 0 unspecified atom stereocenters. The highest BCUT2D eigenvalue weighted by atomic mass is 15.3. The van der Waals surface area contributed by atoms with E-state index in [9.17, 15) is 0 Å². The van der Waals surface area contributed by atoms with E-state index in [1.165, 1.54) is 0 Å². The molecular formula is C6H10N6. The summed E-state index contributed by atoms with van der Waals surface area (Å²) in [6.45, 7) is 1.79. The highest BCUT2D eigenvalue weighted by molar-refractivity contribution is 5.79. The van der Waals surface area contributed by atoms with E-state index in [1.54, 1.807) is 19.3 Å². The van der Waals surface area contributed by atoms with Crippen LogP contribution in [-0.2, 0) is 0 Å². The van der Waals surface area contributed by atoms with Gasteiger partial charge in [0.25, 0.3) is 0 Å². The van der Waals surface area contributed by atoms with Gasteiger partial charge in [-0.3, -0.25) is 5.43 Å². The normalized spacial score (nSPS) is 11.3. The summed E-state index contributed by atoms with van der Waals surface area (Å²) in [4.78, 5) is 11.7. The van der Waals surface area contributed by atoms with Crippen molar-refractivity contribution in [2.75, 3.05) is 0 Å². The van der Waals surface area contributed by atoms with Crippen molar-refractivity contribution in [2.24, 2.45) is 16.6 Å². The third-order valence-electron chi connectivity index (χ3n) is 1.16. The summed E-state index contributed by atoms with van der Waals surface area (Å²) in [6, 6.07) is 0. The minimum Gasteiger partial charge on any atom is -0.369 e. The Kier molecular flexibility index (Phi) is 2.54. The second kappa shape index (κ2) is 3.63. The first-order chi connectivity index (χ1) is 5.72. The molecule has 6 heteroatoms. The van der Waals surface area contributed by atoms with Crippen LogP contribution in [-0.4, -0.2) is 15.9 Å². The van der Waals surface area contributed by atoms with Crippen LogP contribution in [0.5, 0.6) is 0 Å². The van der Waals surface area contributed by atoms with Gasteiger partial charge in [-0.15, -0.1) is 0 Å². The third-order valence-corrected chi connectivity index (χ3v) is 1.16. The van der Waals surface area contributed by atoms with E-state index in [0.29, 0.717) is 11.5 Å². The molecule has 0 radical (unpaired) electrons. The van der Waals surface area contributed by atoms with E-state index >= 15 is 0 Å². The topological polar surface area (TPSA) is 102 Å². The molecule has 0 aliphatic carbocycles. The summed E-state index contributed by atoms with van der Waals surface area (Å²) in [6.07, 6.45) is 3.12. The molecule has 0 atom stereocenters. The van der Waals surface area contributed by atoms with E-state index < -0.39 is 0 Å². The van der Waals surface area contributed by atoms with E-state index in [2.05, 4.69) is 20.4 Å². The monoisotopic (exact) mass is 166 g/mol. The number of aliphatic imine (C=N–C) groups is 1. The van der Waals surface area contributed by atoms with Crippen LogP contribution in [0.2, 0.25) is 0 Å². The zero-order chi connectivity index (χ0) is 8.97. The first-order valence-electron chi connectivity index (χ1n) is 3.32. The van der Waals surface area contributed by atoms with Crippen LogP contribution in [0, 0.1) is 6.92 Å². The quantitative estimate of drug-likeness (QED) is 0.219. The molecule has 1 rings (SSSR count). The second-order valence-corrected chi connectivity index (χ2v) is 2.13.